The van der Waals surface area contributed by atoms with Crippen LogP contribution in [0.4, 0.5) is 4.39 Å². The molecule has 1 aromatic carbocycles. The van der Waals surface area contributed by atoms with Crippen molar-refractivity contribution >= 4 is 11.6 Å². The minimum absolute atomic E-state index is 0.181. The SMILES string of the molecule is OC(O)c1cnc(Cl)c(-c2cccc(F)c2)c1. The van der Waals surface area contributed by atoms with Gasteiger partial charge in [-0.3, -0.25) is 0 Å². The lowest BCUT2D eigenvalue weighted by Crippen LogP contribution is -1.97. The number of hydrogen-bond donors (Lipinski definition) is 2. The van der Waals surface area contributed by atoms with E-state index in [2.05, 4.69) is 4.98 Å². The van der Waals surface area contributed by atoms with Gasteiger partial charge in [0.25, 0.3) is 0 Å². The molecule has 1 heterocycles. The molecule has 0 atom stereocenters. The maximum absolute atomic E-state index is 13.1. The zero-order valence-corrected chi connectivity index (χ0v) is 9.39. The molecule has 0 saturated carbocycles. The zero-order valence-electron chi connectivity index (χ0n) is 8.64. The maximum Gasteiger partial charge on any atom is 0.179 e. The van der Waals surface area contributed by atoms with E-state index in [9.17, 15) is 4.39 Å². The minimum atomic E-state index is -1.63. The van der Waals surface area contributed by atoms with Crippen molar-refractivity contribution in [3.63, 3.8) is 0 Å². The van der Waals surface area contributed by atoms with Crippen LogP contribution in [0.5, 0.6) is 0 Å². The van der Waals surface area contributed by atoms with Crippen molar-refractivity contribution < 1.29 is 14.6 Å². The molecule has 5 heteroatoms. The van der Waals surface area contributed by atoms with Gasteiger partial charge in [-0.25, -0.2) is 9.37 Å². The monoisotopic (exact) mass is 253 g/mol. The number of pyridine rings is 1. The average molecular weight is 254 g/mol. The highest BCUT2D eigenvalue weighted by Crippen LogP contribution is 2.28. The minimum Gasteiger partial charge on any atom is -0.364 e. The molecule has 3 nitrogen and oxygen atoms in total. The molecular weight excluding hydrogens is 245 g/mol. The van der Waals surface area contributed by atoms with Gasteiger partial charge in [-0.1, -0.05) is 23.7 Å². The van der Waals surface area contributed by atoms with Gasteiger partial charge in [0.15, 0.2) is 6.29 Å². The third kappa shape index (κ3) is 2.61. The highest BCUT2D eigenvalue weighted by molar-refractivity contribution is 6.32. The number of benzene rings is 1. The first-order chi connectivity index (χ1) is 8.08. The Hall–Kier alpha value is -1.49. The Balaban J connectivity index is 2.54. The Bertz CT molecular complexity index is 546. The fraction of sp³-hybridized carbons (Fsp3) is 0.0833. The average Bonchev–Trinajstić information content (AvgIpc) is 2.29. The molecule has 0 bridgehead atoms. The summed E-state index contributed by atoms with van der Waals surface area (Å²) in [5, 5.41) is 18.3. The van der Waals surface area contributed by atoms with Crippen molar-refractivity contribution in [3.8, 4) is 11.1 Å². The standard InChI is InChI=1S/C12H9ClFNO2/c13-11-10(5-8(6-15-11)12(16)17)7-2-1-3-9(14)4-7/h1-6,12,16-17H. The summed E-state index contributed by atoms with van der Waals surface area (Å²) in [5.41, 5.74) is 1.19. The largest absolute Gasteiger partial charge is 0.364 e. The van der Waals surface area contributed by atoms with E-state index in [4.69, 9.17) is 21.8 Å². The molecule has 0 amide bonds. The van der Waals surface area contributed by atoms with Crippen molar-refractivity contribution in [1.82, 2.24) is 4.98 Å². The van der Waals surface area contributed by atoms with Crippen molar-refractivity contribution in [2.75, 3.05) is 0 Å². The lowest BCUT2D eigenvalue weighted by Gasteiger charge is -2.08. The summed E-state index contributed by atoms with van der Waals surface area (Å²) >= 11 is 5.89. The van der Waals surface area contributed by atoms with Gasteiger partial charge in [0.05, 0.1) is 0 Å². The molecule has 0 aliphatic rings. The van der Waals surface area contributed by atoms with Crippen LogP contribution >= 0.6 is 11.6 Å². The van der Waals surface area contributed by atoms with E-state index >= 15 is 0 Å². The van der Waals surface area contributed by atoms with Gasteiger partial charge < -0.3 is 10.2 Å². The molecule has 0 unspecified atom stereocenters. The van der Waals surface area contributed by atoms with Gasteiger partial charge in [0.1, 0.15) is 11.0 Å². The first-order valence-electron chi connectivity index (χ1n) is 4.85. The van der Waals surface area contributed by atoms with E-state index in [-0.39, 0.29) is 10.7 Å². The van der Waals surface area contributed by atoms with E-state index in [0.29, 0.717) is 11.1 Å². The molecule has 0 saturated heterocycles. The fourth-order valence-electron chi connectivity index (χ4n) is 1.46. The summed E-state index contributed by atoms with van der Waals surface area (Å²) in [4.78, 5) is 3.83. The lowest BCUT2D eigenvalue weighted by atomic mass is 10.1. The molecule has 88 valence electrons. The second-order valence-corrected chi connectivity index (χ2v) is 3.85. The smallest absolute Gasteiger partial charge is 0.179 e. The molecule has 0 radical (unpaired) electrons. The van der Waals surface area contributed by atoms with Crippen LogP contribution in [-0.4, -0.2) is 15.2 Å². The summed E-state index contributed by atoms with van der Waals surface area (Å²) in [6.07, 6.45) is -0.373. The van der Waals surface area contributed by atoms with E-state index in [1.807, 2.05) is 0 Å². The number of hydrogen-bond acceptors (Lipinski definition) is 3. The Morgan fingerprint density at radius 3 is 2.65 bits per heavy atom. The quantitative estimate of drug-likeness (QED) is 0.639. The Morgan fingerprint density at radius 2 is 2.00 bits per heavy atom. The molecule has 0 spiro atoms. The van der Waals surface area contributed by atoms with E-state index in [1.54, 1.807) is 12.1 Å². The van der Waals surface area contributed by atoms with E-state index in [1.165, 1.54) is 24.4 Å². The molecule has 2 N–H and O–H groups in total. The predicted molar refractivity (Wildman–Crippen MR) is 61.8 cm³/mol. The van der Waals surface area contributed by atoms with Crippen LogP contribution in [-0.2, 0) is 0 Å². The number of aliphatic hydroxyl groups is 2. The Kier molecular flexibility index (Phi) is 3.38. The molecule has 0 fully saturated rings. The number of rotatable bonds is 2. The van der Waals surface area contributed by atoms with Crippen molar-refractivity contribution in [3.05, 3.63) is 53.1 Å². The van der Waals surface area contributed by atoms with Crippen LogP contribution in [0.3, 0.4) is 0 Å². The van der Waals surface area contributed by atoms with Crippen LogP contribution in [0.2, 0.25) is 5.15 Å². The molecule has 1 aromatic heterocycles. The Labute approximate surface area is 102 Å². The second-order valence-electron chi connectivity index (χ2n) is 3.49. The van der Waals surface area contributed by atoms with Crippen LogP contribution in [0.25, 0.3) is 11.1 Å². The van der Waals surface area contributed by atoms with E-state index in [0.717, 1.165) is 0 Å². The summed E-state index contributed by atoms with van der Waals surface area (Å²) in [6.45, 7) is 0. The lowest BCUT2D eigenvalue weighted by molar-refractivity contribution is -0.0426. The van der Waals surface area contributed by atoms with Gasteiger partial charge in [-0.2, -0.15) is 0 Å². The highest BCUT2D eigenvalue weighted by atomic mass is 35.5. The van der Waals surface area contributed by atoms with Crippen LogP contribution < -0.4 is 0 Å². The third-order valence-corrected chi connectivity index (χ3v) is 2.60. The first kappa shape index (κ1) is 12.0. The molecular formula is C12H9ClFNO2. The number of aromatic nitrogens is 1. The zero-order chi connectivity index (χ0) is 12.4. The van der Waals surface area contributed by atoms with Crippen LogP contribution in [0.15, 0.2) is 36.5 Å². The molecule has 17 heavy (non-hydrogen) atoms. The first-order valence-corrected chi connectivity index (χ1v) is 5.23. The van der Waals surface area contributed by atoms with Crippen molar-refractivity contribution in [1.29, 1.82) is 0 Å². The predicted octanol–water partition coefficient (Wildman–Crippen LogP) is 2.52. The number of aliphatic hydroxyl groups excluding tert-OH is 1. The number of nitrogens with zero attached hydrogens (tertiary/aromatic N) is 1. The summed E-state index contributed by atoms with van der Waals surface area (Å²) in [7, 11) is 0. The maximum atomic E-state index is 13.1. The summed E-state index contributed by atoms with van der Waals surface area (Å²) in [5.74, 6) is -0.395. The topological polar surface area (TPSA) is 53.4 Å². The fourth-order valence-corrected chi connectivity index (χ4v) is 1.68. The Morgan fingerprint density at radius 1 is 1.24 bits per heavy atom. The number of halogens is 2. The van der Waals surface area contributed by atoms with E-state index < -0.39 is 12.1 Å². The second kappa shape index (κ2) is 4.79. The van der Waals surface area contributed by atoms with Gasteiger partial charge in [0.2, 0.25) is 0 Å². The van der Waals surface area contributed by atoms with Gasteiger partial charge in [-0.15, -0.1) is 0 Å². The molecule has 0 aliphatic heterocycles. The molecule has 0 aliphatic carbocycles. The molecule has 2 aromatic rings. The van der Waals surface area contributed by atoms with Crippen molar-refractivity contribution in [2.45, 2.75) is 6.29 Å². The van der Waals surface area contributed by atoms with Crippen LogP contribution in [0.1, 0.15) is 11.9 Å². The highest BCUT2D eigenvalue weighted by Gasteiger charge is 2.10. The van der Waals surface area contributed by atoms with Gasteiger partial charge >= 0.3 is 0 Å². The van der Waals surface area contributed by atoms with Gasteiger partial charge in [0, 0.05) is 17.3 Å². The van der Waals surface area contributed by atoms with Crippen LogP contribution in [0, 0.1) is 5.82 Å². The summed E-state index contributed by atoms with van der Waals surface area (Å²) < 4.78 is 13.1. The molecule has 2 rings (SSSR count). The normalized spacial score (nSPS) is 10.9. The van der Waals surface area contributed by atoms with Gasteiger partial charge in [-0.05, 0) is 23.8 Å². The third-order valence-electron chi connectivity index (χ3n) is 2.29. The van der Waals surface area contributed by atoms with Crippen molar-refractivity contribution in [2.24, 2.45) is 0 Å². The summed E-state index contributed by atoms with van der Waals surface area (Å²) in [6, 6.07) is 7.29.